The number of aliphatic hydroxyl groups is 1. The lowest BCUT2D eigenvalue weighted by atomic mass is 9.91. The number of carbonyl (C=O) groups is 1. The van der Waals surface area contributed by atoms with E-state index in [9.17, 15) is 27.5 Å². The Balaban J connectivity index is 1.56. The van der Waals surface area contributed by atoms with Gasteiger partial charge in [0.2, 0.25) is 0 Å². The number of benzene rings is 1. The fourth-order valence-electron chi connectivity index (χ4n) is 4.96. The molecule has 0 saturated heterocycles. The zero-order valence-electron chi connectivity index (χ0n) is 16.5. The molecule has 2 atom stereocenters. The normalized spacial score (nSPS) is 28.0. The van der Waals surface area contributed by atoms with Gasteiger partial charge >= 0.3 is 6.18 Å². The van der Waals surface area contributed by atoms with E-state index < -0.39 is 23.5 Å². The summed E-state index contributed by atoms with van der Waals surface area (Å²) >= 11 is 5.76. The van der Waals surface area contributed by atoms with Crippen LogP contribution in [0.4, 0.5) is 29.1 Å². The summed E-state index contributed by atoms with van der Waals surface area (Å²) < 4.78 is 54.3. The first-order valence-electron chi connectivity index (χ1n) is 9.77. The highest BCUT2D eigenvalue weighted by molar-refractivity contribution is 6.31. The molecule has 11 heteroatoms. The number of hydrogen-bond acceptors (Lipinski definition) is 4. The van der Waals surface area contributed by atoms with E-state index in [1.165, 1.54) is 16.8 Å². The Labute approximate surface area is 180 Å². The molecule has 168 valence electrons. The Morgan fingerprint density at radius 3 is 2.48 bits per heavy atom. The van der Waals surface area contributed by atoms with Gasteiger partial charge in [-0.2, -0.15) is 18.3 Å². The lowest BCUT2D eigenvalue weighted by molar-refractivity contribution is -0.259. The number of aryl methyl sites for hydroxylation is 1. The third-order valence-electron chi connectivity index (χ3n) is 6.48. The second-order valence-electron chi connectivity index (χ2n) is 8.48. The highest BCUT2D eigenvalue weighted by atomic mass is 35.5. The van der Waals surface area contributed by atoms with Crippen molar-refractivity contribution in [1.82, 2.24) is 9.78 Å². The molecule has 31 heavy (non-hydrogen) atoms. The number of amides is 1. The fourth-order valence-corrected chi connectivity index (χ4v) is 5.14. The quantitative estimate of drug-likeness (QED) is 0.597. The number of nitrogens with one attached hydrogen (secondary N) is 1. The Bertz CT molecular complexity index is 1020. The minimum atomic E-state index is -4.66. The number of halogens is 5. The zero-order valence-corrected chi connectivity index (χ0v) is 17.3. The van der Waals surface area contributed by atoms with Crippen LogP contribution in [0.5, 0.6) is 0 Å². The smallest absolute Gasteiger partial charge is 0.383 e. The molecule has 2 aromatic rings. The van der Waals surface area contributed by atoms with Gasteiger partial charge < -0.3 is 16.2 Å². The Morgan fingerprint density at radius 2 is 1.94 bits per heavy atom. The number of carbonyl (C=O) groups excluding carboxylic acids is 1. The second kappa shape index (κ2) is 7.37. The number of rotatable bonds is 3. The third kappa shape index (κ3) is 3.76. The van der Waals surface area contributed by atoms with Gasteiger partial charge in [0.05, 0.1) is 10.7 Å². The standard InChI is InChI=1S/C20H21ClF4N4O2/c1-29-17(26)15(18(30)27-12-2-3-14(22)13(21)6-12)16(28-29)9-4-10-7-19(31,20(23,24)25)8-11(10)5-9/h2-3,6,9-11,31H,4-5,7-8,26H2,1H3,(H,27,30). The number of nitrogens with zero attached hydrogens (tertiary/aromatic N) is 2. The van der Waals surface area contributed by atoms with Gasteiger partial charge in [0.1, 0.15) is 17.2 Å². The first kappa shape index (κ1) is 21.9. The highest BCUT2D eigenvalue weighted by Crippen LogP contribution is 2.57. The Hall–Kier alpha value is -2.33. The van der Waals surface area contributed by atoms with Crippen molar-refractivity contribution in [2.75, 3.05) is 11.1 Å². The first-order chi connectivity index (χ1) is 14.4. The van der Waals surface area contributed by atoms with Crippen molar-refractivity contribution >= 4 is 29.0 Å². The van der Waals surface area contributed by atoms with Crippen molar-refractivity contribution in [3.63, 3.8) is 0 Å². The maximum absolute atomic E-state index is 13.4. The molecule has 4 rings (SSSR count). The molecule has 2 fully saturated rings. The second-order valence-corrected chi connectivity index (χ2v) is 8.89. The number of alkyl halides is 3. The topological polar surface area (TPSA) is 93.2 Å². The molecule has 1 amide bonds. The van der Waals surface area contributed by atoms with E-state index in [0.717, 1.165) is 6.07 Å². The van der Waals surface area contributed by atoms with Crippen LogP contribution in [0.25, 0.3) is 0 Å². The van der Waals surface area contributed by atoms with E-state index >= 15 is 0 Å². The number of hydrogen-bond donors (Lipinski definition) is 3. The maximum atomic E-state index is 13.4. The van der Waals surface area contributed by atoms with Gasteiger partial charge in [-0.3, -0.25) is 9.48 Å². The lowest BCUT2D eigenvalue weighted by Crippen LogP contribution is -2.43. The molecule has 0 aliphatic heterocycles. The van der Waals surface area contributed by atoms with Crippen molar-refractivity contribution in [2.24, 2.45) is 18.9 Å². The molecule has 2 saturated carbocycles. The predicted molar refractivity (Wildman–Crippen MR) is 106 cm³/mol. The number of nitrogen functional groups attached to an aromatic ring is 1. The number of anilines is 2. The molecule has 1 heterocycles. The molecule has 0 bridgehead atoms. The van der Waals surface area contributed by atoms with Crippen LogP contribution < -0.4 is 11.1 Å². The molecular weight excluding hydrogens is 440 g/mol. The van der Waals surface area contributed by atoms with E-state index in [4.69, 9.17) is 17.3 Å². The molecule has 2 unspecified atom stereocenters. The van der Waals surface area contributed by atoms with Crippen LogP contribution >= 0.6 is 11.6 Å². The van der Waals surface area contributed by atoms with Crippen LogP contribution in [0.2, 0.25) is 5.02 Å². The summed E-state index contributed by atoms with van der Waals surface area (Å²) in [5, 5.41) is 16.8. The molecule has 1 aromatic heterocycles. The van der Waals surface area contributed by atoms with Gasteiger partial charge in [0, 0.05) is 18.7 Å². The highest BCUT2D eigenvalue weighted by Gasteiger charge is 2.62. The van der Waals surface area contributed by atoms with Crippen LogP contribution in [0, 0.1) is 17.7 Å². The number of nitrogens with two attached hydrogens (primary N) is 1. The summed E-state index contributed by atoms with van der Waals surface area (Å²) in [6, 6.07) is 3.73. The zero-order chi connectivity index (χ0) is 22.7. The summed E-state index contributed by atoms with van der Waals surface area (Å²) in [6.07, 6.45) is -4.61. The molecule has 6 nitrogen and oxygen atoms in total. The lowest BCUT2D eigenvalue weighted by Gasteiger charge is -2.27. The van der Waals surface area contributed by atoms with Crippen molar-refractivity contribution in [2.45, 2.75) is 43.4 Å². The van der Waals surface area contributed by atoms with Crippen molar-refractivity contribution in [1.29, 1.82) is 0 Å². The van der Waals surface area contributed by atoms with Gasteiger partial charge in [-0.15, -0.1) is 0 Å². The molecule has 4 N–H and O–H groups in total. The third-order valence-corrected chi connectivity index (χ3v) is 6.77. The van der Waals surface area contributed by atoms with Crippen molar-refractivity contribution in [3.8, 4) is 0 Å². The van der Waals surface area contributed by atoms with Crippen molar-refractivity contribution in [3.05, 3.63) is 40.3 Å². The van der Waals surface area contributed by atoms with E-state index in [1.807, 2.05) is 0 Å². The SMILES string of the molecule is Cn1nc(C2CC3CC(O)(C(F)(F)F)CC3C2)c(C(=O)Nc2ccc(F)c(Cl)c2)c1N. The van der Waals surface area contributed by atoms with Gasteiger partial charge in [-0.05, 0) is 55.7 Å². The number of aromatic nitrogens is 2. The number of fused-ring (bicyclic) bond motifs is 1. The summed E-state index contributed by atoms with van der Waals surface area (Å²) in [4.78, 5) is 12.9. The summed E-state index contributed by atoms with van der Waals surface area (Å²) in [7, 11) is 1.57. The minimum Gasteiger partial charge on any atom is -0.383 e. The molecule has 0 radical (unpaired) electrons. The minimum absolute atomic E-state index is 0.115. The van der Waals surface area contributed by atoms with Crippen LogP contribution in [0.15, 0.2) is 18.2 Å². The van der Waals surface area contributed by atoms with Crippen LogP contribution in [-0.4, -0.2) is 32.6 Å². The van der Waals surface area contributed by atoms with E-state index in [2.05, 4.69) is 10.4 Å². The molecular formula is C20H21ClF4N4O2. The van der Waals surface area contributed by atoms with Crippen LogP contribution in [0.3, 0.4) is 0 Å². The van der Waals surface area contributed by atoms with Crippen LogP contribution in [-0.2, 0) is 7.05 Å². The Kier molecular flexibility index (Phi) is 5.20. The molecule has 2 aliphatic carbocycles. The maximum Gasteiger partial charge on any atom is 0.417 e. The average Bonchev–Trinajstić information content (AvgIpc) is 3.28. The van der Waals surface area contributed by atoms with Crippen LogP contribution in [0.1, 0.15) is 47.7 Å². The summed E-state index contributed by atoms with van der Waals surface area (Å²) in [5.74, 6) is -1.96. The van der Waals surface area contributed by atoms with Gasteiger partial charge in [-0.25, -0.2) is 4.39 Å². The Morgan fingerprint density at radius 1 is 1.32 bits per heavy atom. The van der Waals surface area contributed by atoms with E-state index in [0.29, 0.717) is 18.5 Å². The van der Waals surface area contributed by atoms with Crippen molar-refractivity contribution < 1.29 is 27.5 Å². The predicted octanol–water partition coefficient (Wildman–Crippen LogP) is 4.24. The first-order valence-corrected chi connectivity index (χ1v) is 10.2. The molecule has 1 aromatic carbocycles. The largest absolute Gasteiger partial charge is 0.417 e. The monoisotopic (exact) mass is 460 g/mol. The van der Waals surface area contributed by atoms with Gasteiger partial charge in [-0.1, -0.05) is 11.6 Å². The van der Waals surface area contributed by atoms with E-state index in [1.54, 1.807) is 7.05 Å². The molecule has 0 spiro atoms. The fraction of sp³-hybridized carbons (Fsp3) is 0.500. The van der Waals surface area contributed by atoms with Gasteiger partial charge in [0.15, 0.2) is 5.60 Å². The average molecular weight is 461 g/mol. The molecule has 2 aliphatic rings. The van der Waals surface area contributed by atoms with Gasteiger partial charge in [0.25, 0.3) is 5.91 Å². The summed E-state index contributed by atoms with van der Waals surface area (Å²) in [6.45, 7) is 0. The van der Waals surface area contributed by atoms with E-state index in [-0.39, 0.29) is 52.7 Å². The summed E-state index contributed by atoms with van der Waals surface area (Å²) in [5.41, 5.74) is 4.22.